The van der Waals surface area contributed by atoms with Crippen molar-refractivity contribution in [2.24, 2.45) is 0 Å². The van der Waals surface area contributed by atoms with Gasteiger partial charge < -0.3 is 9.84 Å². The van der Waals surface area contributed by atoms with Crippen molar-refractivity contribution in [1.82, 2.24) is 0 Å². The summed E-state index contributed by atoms with van der Waals surface area (Å²) in [7, 11) is 0. The first-order valence-corrected chi connectivity index (χ1v) is 6.39. The highest BCUT2D eigenvalue weighted by Crippen LogP contribution is 2.27. The fourth-order valence-corrected chi connectivity index (χ4v) is 2.02. The van der Waals surface area contributed by atoms with Crippen LogP contribution in [0.4, 0.5) is 0 Å². The number of carboxylic acids is 1. The van der Waals surface area contributed by atoms with Gasteiger partial charge in [-0.05, 0) is 33.6 Å². The van der Waals surface area contributed by atoms with Gasteiger partial charge in [0.25, 0.3) is 0 Å². The van der Waals surface area contributed by atoms with E-state index < -0.39 is 5.97 Å². The first-order valence-electron chi connectivity index (χ1n) is 5.60. The molecular formula is C15H11BrO3. The second-order valence-electron chi connectivity index (χ2n) is 3.73. The lowest BCUT2D eigenvalue weighted by Gasteiger charge is -2.09. The van der Waals surface area contributed by atoms with Gasteiger partial charge in [0.05, 0.1) is 4.48 Å². The minimum absolute atomic E-state index is 0.141. The number of halogens is 1. The summed E-state index contributed by atoms with van der Waals surface area (Å²) in [6.45, 7) is 0. The molecule has 0 aliphatic carbocycles. The first-order chi connectivity index (χ1) is 9.18. The van der Waals surface area contributed by atoms with Crippen LogP contribution in [0.15, 0.2) is 66.4 Å². The highest BCUT2D eigenvalue weighted by atomic mass is 79.9. The maximum atomic E-state index is 11.3. The van der Waals surface area contributed by atoms with Gasteiger partial charge >= 0.3 is 5.97 Å². The summed E-state index contributed by atoms with van der Waals surface area (Å²) in [4.78, 5) is 11.3. The van der Waals surface area contributed by atoms with E-state index in [-0.39, 0.29) is 5.76 Å². The van der Waals surface area contributed by atoms with Gasteiger partial charge in [-0.3, -0.25) is 0 Å². The van der Waals surface area contributed by atoms with Gasteiger partial charge in [-0.15, -0.1) is 0 Å². The van der Waals surface area contributed by atoms with Crippen molar-refractivity contribution in [1.29, 1.82) is 0 Å². The van der Waals surface area contributed by atoms with Crippen molar-refractivity contribution in [3.05, 3.63) is 72.0 Å². The molecule has 3 nitrogen and oxygen atoms in total. The van der Waals surface area contributed by atoms with Crippen LogP contribution >= 0.6 is 15.9 Å². The van der Waals surface area contributed by atoms with Crippen molar-refractivity contribution < 1.29 is 14.6 Å². The molecule has 0 saturated carbocycles. The molecule has 19 heavy (non-hydrogen) atoms. The number of para-hydroxylation sites is 1. The lowest BCUT2D eigenvalue weighted by Crippen LogP contribution is -2.09. The Kier molecular flexibility index (Phi) is 4.36. The van der Waals surface area contributed by atoms with E-state index in [4.69, 9.17) is 4.74 Å². The topological polar surface area (TPSA) is 46.5 Å². The van der Waals surface area contributed by atoms with E-state index in [9.17, 15) is 9.90 Å². The minimum atomic E-state index is -1.13. The second kappa shape index (κ2) is 6.20. The van der Waals surface area contributed by atoms with Crippen molar-refractivity contribution in [2.45, 2.75) is 0 Å². The quantitative estimate of drug-likeness (QED) is 0.686. The summed E-state index contributed by atoms with van der Waals surface area (Å²) in [5, 5.41) is 9.25. The third-order valence-electron chi connectivity index (χ3n) is 2.38. The van der Waals surface area contributed by atoms with Crippen LogP contribution in [0.5, 0.6) is 5.75 Å². The van der Waals surface area contributed by atoms with Crippen LogP contribution in [0.1, 0.15) is 5.56 Å². The monoisotopic (exact) mass is 318 g/mol. The van der Waals surface area contributed by atoms with Gasteiger partial charge in [0.2, 0.25) is 5.76 Å². The molecule has 0 atom stereocenters. The van der Waals surface area contributed by atoms with E-state index >= 15 is 0 Å². The van der Waals surface area contributed by atoms with Crippen LogP contribution in [0.3, 0.4) is 0 Å². The van der Waals surface area contributed by atoms with Crippen LogP contribution in [0.25, 0.3) is 4.48 Å². The Labute approximate surface area is 119 Å². The zero-order valence-electron chi connectivity index (χ0n) is 9.92. The molecule has 0 aliphatic rings. The Bertz CT molecular complexity index is 591. The maximum Gasteiger partial charge on any atom is 0.373 e. The molecule has 0 saturated heterocycles. The highest BCUT2D eigenvalue weighted by molar-refractivity contribution is 9.15. The Balaban J connectivity index is 2.38. The minimum Gasteiger partial charge on any atom is -0.475 e. The Morgan fingerprint density at radius 1 is 0.947 bits per heavy atom. The molecule has 0 spiro atoms. The van der Waals surface area contributed by atoms with Crippen LogP contribution in [0, 0.1) is 0 Å². The number of hydrogen-bond donors (Lipinski definition) is 1. The molecule has 0 unspecified atom stereocenters. The number of aliphatic carboxylic acids is 1. The van der Waals surface area contributed by atoms with Gasteiger partial charge in [0, 0.05) is 0 Å². The van der Waals surface area contributed by atoms with Crippen LogP contribution < -0.4 is 4.74 Å². The molecule has 0 aliphatic heterocycles. The largest absolute Gasteiger partial charge is 0.475 e. The summed E-state index contributed by atoms with van der Waals surface area (Å²) < 4.78 is 5.83. The summed E-state index contributed by atoms with van der Waals surface area (Å²) >= 11 is 3.28. The summed E-state index contributed by atoms with van der Waals surface area (Å²) in [6, 6.07) is 17.9. The Hall–Kier alpha value is -2.07. The van der Waals surface area contributed by atoms with E-state index in [1.54, 1.807) is 36.4 Å². The van der Waals surface area contributed by atoms with Crippen molar-refractivity contribution in [3.63, 3.8) is 0 Å². The summed E-state index contributed by atoms with van der Waals surface area (Å²) in [5.41, 5.74) is 0.746. The molecule has 0 amide bonds. The molecular weight excluding hydrogens is 308 g/mol. The molecule has 96 valence electrons. The lowest BCUT2D eigenvalue weighted by atomic mass is 10.2. The molecule has 2 aromatic rings. The van der Waals surface area contributed by atoms with Gasteiger partial charge in [0.15, 0.2) is 0 Å². The first kappa shape index (κ1) is 13.4. The Morgan fingerprint density at radius 2 is 1.47 bits per heavy atom. The molecule has 0 aromatic heterocycles. The SMILES string of the molecule is O=C(O)C(Oc1ccccc1)=C(Br)c1ccccc1. The van der Waals surface area contributed by atoms with Gasteiger partial charge in [-0.1, -0.05) is 48.5 Å². The smallest absolute Gasteiger partial charge is 0.373 e. The third kappa shape index (κ3) is 3.45. The van der Waals surface area contributed by atoms with E-state index in [2.05, 4.69) is 15.9 Å². The molecule has 0 radical (unpaired) electrons. The zero-order valence-corrected chi connectivity index (χ0v) is 11.5. The van der Waals surface area contributed by atoms with Crippen LogP contribution in [-0.2, 0) is 4.79 Å². The van der Waals surface area contributed by atoms with Crippen molar-refractivity contribution in [3.8, 4) is 5.75 Å². The number of carbonyl (C=O) groups is 1. The molecule has 1 N–H and O–H groups in total. The van der Waals surface area contributed by atoms with Crippen molar-refractivity contribution in [2.75, 3.05) is 0 Å². The molecule has 0 heterocycles. The highest BCUT2D eigenvalue weighted by Gasteiger charge is 2.16. The van der Waals surface area contributed by atoms with Crippen molar-refractivity contribution >= 4 is 26.4 Å². The average Bonchev–Trinajstić information content (AvgIpc) is 2.46. The van der Waals surface area contributed by atoms with E-state index in [0.29, 0.717) is 10.2 Å². The molecule has 4 heteroatoms. The van der Waals surface area contributed by atoms with Crippen LogP contribution in [0.2, 0.25) is 0 Å². The number of benzene rings is 2. The van der Waals surface area contributed by atoms with Gasteiger partial charge in [-0.25, -0.2) is 4.79 Å². The lowest BCUT2D eigenvalue weighted by molar-refractivity contribution is -0.134. The number of rotatable bonds is 4. The second-order valence-corrected chi connectivity index (χ2v) is 4.52. The van der Waals surface area contributed by atoms with Gasteiger partial charge in [0.1, 0.15) is 5.75 Å². The van der Waals surface area contributed by atoms with E-state index in [1.807, 2.05) is 24.3 Å². The van der Waals surface area contributed by atoms with E-state index in [1.165, 1.54) is 0 Å². The predicted molar refractivity (Wildman–Crippen MR) is 77.0 cm³/mol. The fraction of sp³-hybridized carbons (Fsp3) is 0. The third-order valence-corrected chi connectivity index (χ3v) is 3.20. The Morgan fingerprint density at radius 3 is 2.00 bits per heavy atom. The van der Waals surface area contributed by atoms with Gasteiger partial charge in [-0.2, -0.15) is 0 Å². The number of hydrogen-bond acceptors (Lipinski definition) is 2. The summed E-state index contributed by atoms with van der Waals surface area (Å²) in [6.07, 6.45) is 0. The standard InChI is InChI=1S/C15H11BrO3/c16-13(11-7-3-1-4-8-11)14(15(17)18)19-12-9-5-2-6-10-12/h1-10H,(H,17,18). The molecule has 0 fully saturated rings. The predicted octanol–water partition coefficient (Wildman–Crippen LogP) is 3.91. The van der Waals surface area contributed by atoms with Crippen LogP contribution in [-0.4, -0.2) is 11.1 Å². The molecule has 2 aromatic carbocycles. The number of ether oxygens (including phenoxy) is 1. The zero-order chi connectivity index (χ0) is 13.7. The molecule has 0 bridgehead atoms. The normalized spacial score (nSPS) is 11.6. The average molecular weight is 319 g/mol. The fourth-order valence-electron chi connectivity index (χ4n) is 1.50. The maximum absolute atomic E-state index is 11.3. The van der Waals surface area contributed by atoms with E-state index in [0.717, 1.165) is 5.56 Å². The summed E-state index contributed by atoms with van der Waals surface area (Å²) in [5.74, 6) is -0.787. The number of carboxylic acid groups (broad SMARTS) is 1. The molecule has 2 rings (SSSR count).